The van der Waals surface area contributed by atoms with Gasteiger partial charge in [-0.3, -0.25) is 4.79 Å². The lowest BCUT2D eigenvalue weighted by Crippen LogP contribution is -2.40. The van der Waals surface area contributed by atoms with E-state index in [2.05, 4.69) is 5.32 Å². The lowest BCUT2D eigenvalue weighted by atomic mass is 10.1. The van der Waals surface area contributed by atoms with Crippen LogP contribution in [0.2, 0.25) is 5.02 Å². The lowest BCUT2D eigenvalue weighted by molar-refractivity contribution is -0.139. The molecule has 0 spiro atoms. The van der Waals surface area contributed by atoms with E-state index in [1.807, 2.05) is 31.2 Å². The topological polar surface area (TPSA) is 49.3 Å². The van der Waals surface area contributed by atoms with Gasteiger partial charge in [-0.2, -0.15) is 0 Å². The number of aliphatic carboxylic acids is 1. The molecule has 0 amide bonds. The van der Waals surface area contributed by atoms with E-state index in [0.717, 1.165) is 12.0 Å². The summed E-state index contributed by atoms with van der Waals surface area (Å²) < 4.78 is 0. The van der Waals surface area contributed by atoms with Crippen LogP contribution in [-0.2, 0) is 11.2 Å². The van der Waals surface area contributed by atoms with Crippen LogP contribution in [0.25, 0.3) is 0 Å². The van der Waals surface area contributed by atoms with E-state index < -0.39 is 12.0 Å². The van der Waals surface area contributed by atoms with Crippen molar-refractivity contribution in [2.24, 2.45) is 0 Å². The zero-order valence-corrected chi connectivity index (χ0v) is 10.2. The van der Waals surface area contributed by atoms with Gasteiger partial charge in [0.05, 0.1) is 0 Å². The Morgan fingerprint density at radius 3 is 2.75 bits per heavy atom. The molecule has 0 saturated heterocycles. The van der Waals surface area contributed by atoms with Gasteiger partial charge >= 0.3 is 5.97 Å². The molecule has 0 aromatic heterocycles. The van der Waals surface area contributed by atoms with Crippen molar-refractivity contribution in [2.45, 2.75) is 32.4 Å². The van der Waals surface area contributed by atoms with E-state index in [-0.39, 0.29) is 6.04 Å². The Balaban J connectivity index is 2.51. The fourth-order valence-corrected chi connectivity index (χ4v) is 1.79. The number of nitrogens with one attached hydrogen (secondary N) is 1. The van der Waals surface area contributed by atoms with Gasteiger partial charge in [0.15, 0.2) is 0 Å². The second-order valence-corrected chi connectivity index (χ2v) is 4.40. The standard InChI is InChI=1S/C12H16ClNO2/c1-8(14-9(2)12(15)16)6-10-4-3-5-11(13)7-10/h3-5,7-9,14H,6H2,1-2H3,(H,15,16). The monoisotopic (exact) mass is 241 g/mol. The Morgan fingerprint density at radius 2 is 2.19 bits per heavy atom. The minimum absolute atomic E-state index is 0.101. The van der Waals surface area contributed by atoms with Crippen LogP contribution in [0.3, 0.4) is 0 Å². The minimum Gasteiger partial charge on any atom is -0.480 e. The first-order valence-electron chi connectivity index (χ1n) is 5.22. The van der Waals surface area contributed by atoms with Crippen molar-refractivity contribution in [1.29, 1.82) is 0 Å². The second kappa shape index (κ2) is 5.87. The summed E-state index contributed by atoms with van der Waals surface area (Å²) in [6.07, 6.45) is 0.762. The molecule has 0 aliphatic carbocycles. The van der Waals surface area contributed by atoms with E-state index in [1.54, 1.807) is 6.92 Å². The normalized spacial score (nSPS) is 14.4. The summed E-state index contributed by atoms with van der Waals surface area (Å²) in [4.78, 5) is 10.7. The van der Waals surface area contributed by atoms with Gasteiger partial charge in [0.25, 0.3) is 0 Å². The lowest BCUT2D eigenvalue weighted by Gasteiger charge is -2.17. The van der Waals surface area contributed by atoms with Gasteiger partial charge in [0.1, 0.15) is 6.04 Å². The van der Waals surface area contributed by atoms with Crippen molar-refractivity contribution in [3.8, 4) is 0 Å². The number of carboxylic acids is 1. The van der Waals surface area contributed by atoms with E-state index in [9.17, 15) is 4.79 Å². The van der Waals surface area contributed by atoms with Crippen LogP contribution in [0.15, 0.2) is 24.3 Å². The first kappa shape index (κ1) is 13.0. The summed E-state index contributed by atoms with van der Waals surface area (Å²) in [6.45, 7) is 3.59. The summed E-state index contributed by atoms with van der Waals surface area (Å²) in [5.74, 6) is -0.835. The van der Waals surface area contributed by atoms with Crippen LogP contribution in [-0.4, -0.2) is 23.2 Å². The maximum atomic E-state index is 10.7. The molecule has 88 valence electrons. The van der Waals surface area contributed by atoms with Gasteiger partial charge < -0.3 is 10.4 Å². The summed E-state index contributed by atoms with van der Waals surface area (Å²) in [6, 6.07) is 7.16. The largest absolute Gasteiger partial charge is 0.480 e. The molecule has 0 heterocycles. The average Bonchev–Trinajstić information content (AvgIpc) is 2.16. The molecule has 1 rings (SSSR count). The van der Waals surface area contributed by atoms with E-state index >= 15 is 0 Å². The van der Waals surface area contributed by atoms with Crippen LogP contribution in [0.1, 0.15) is 19.4 Å². The third kappa shape index (κ3) is 4.21. The van der Waals surface area contributed by atoms with E-state index in [0.29, 0.717) is 5.02 Å². The maximum absolute atomic E-state index is 10.7. The third-order valence-corrected chi connectivity index (χ3v) is 2.57. The molecule has 0 radical (unpaired) electrons. The van der Waals surface area contributed by atoms with Crippen molar-refractivity contribution in [2.75, 3.05) is 0 Å². The Kier molecular flexibility index (Phi) is 4.77. The van der Waals surface area contributed by atoms with Gasteiger partial charge in [0.2, 0.25) is 0 Å². The number of benzene rings is 1. The van der Waals surface area contributed by atoms with Gasteiger partial charge in [-0.05, 0) is 38.0 Å². The molecule has 3 nitrogen and oxygen atoms in total. The zero-order chi connectivity index (χ0) is 12.1. The molecule has 1 aromatic rings. The molecule has 16 heavy (non-hydrogen) atoms. The average molecular weight is 242 g/mol. The van der Waals surface area contributed by atoms with Crippen LogP contribution in [0.5, 0.6) is 0 Å². The maximum Gasteiger partial charge on any atom is 0.320 e. The summed E-state index contributed by atoms with van der Waals surface area (Å²) in [7, 11) is 0. The number of carbonyl (C=O) groups is 1. The molecule has 1 aromatic carbocycles. The highest BCUT2D eigenvalue weighted by atomic mass is 35.5. The van der Waals surface area contributed by atoms with Crippen LogP contribution in [0.4, 0.5) is 0 Å². The smallest absolute Gasteiger partial charge is 0.320 e. The van der Waals surface area contributed by atoms with Crippen LogP contribution < -0.4 is 5.32 Å². The number of rotatable bonds is 5. The Labute approximate surface area is 100 Å². The first-order chi connectivity index (χ1) is 7.49. The van der Waals surface area contributed by atoms with Gasteiger partial charge in [0, 0.05) is 11.1 Å². The molecule has 0 aliphatic heterocycles. The number of halogens is 1. The fourth-order valence-electron chi connectivity index (χ4n) is 1.57. The molecule has 4 heteroatoms. The molecular weight excluding hydrogens is 226 g/mol. The summed E-state index contributed by atoms with van der Waals surface area (Å²) in [5, 5.41) is 12.5. The Bertz CT molecular complexity index is 368. The van der Waals surface area contributed by atoms with E-state index in [4.69, 9.17) is 16.7 Å². The molecule has 0 fully saturated rings. The van der Waals surface area contributed by atoms with Gasteiger partial charge in [-0.1, -0.05) is 23.7 Å². The minimum atomic E-state index is -0.835. The quantitative estimate of drug-likeness (QED) is 0.832. The third-order valence-electron chi connectivity index (χ3n) is 2.34. The summed E-state index contributed by atoms with van der Waals surface area (Å²) in [5.41, 5.74) is 1.10. The fraction of sp³-hybridized carbons (Fsp3) is 0.417. The van der Waals surface area contributed by atoms with E-state index in [1.165, 1.54) is 0 Å². The van der Waals surface area contributed by atoms with Crippen LogP contribution >= 0.6 is 11.6 Å². The van der Waals surface area contributed by atoms with Crippen molar-refractivity contribution in [3.05, 3.63) is 34.9 Å². The Morgan fingerprint density at radius 1 is 1.50 bits per heavy atom. The predicted molar refractivity (Wildman–Crippen MR) is 64.9 cm³/mol. The zero-order valence-electron chi connectivity index (χ0n) is 9.40. The van der Waals surface area contributed by atoms with Gasteiger partial charge in [-0.25, -0.2) is 0 Å². The molecule has 0 bridgehead atoms. The predicted octanol–water partition coefficient (Wildman–Crippen LogP) is 2.33. The first-order valence-corrected chi connectivity index (χ1v) is 5.60. The molecule has 0 aliphatic rings. The summed E-state index contributed by atoms with van der Waals surface area (Å²) >= 11 is 5.87. The molecule has 0 saturated carbocycles. The molecule has 2 atom stereocenters. The number of hydrogen-bond donors (Lipinski definition) is 2. The van der Waals surface area contributed by atoms with Gasteiger partial charge in [-0.15, -0.1) is 0 Å². The van der Waals surface area contributed by atoms with Crippen molar-refractivity contribution in [1.82, 2.24) is 5.32 Å². The number of hydrogen-bond acceptors (Lipinski definition) is 2. The molecule has 2 unspecified atom stereocenters. The van der Waals surface area contributed by atoms with Crippen LogP contribution in [0, 0.1) is 0 Å². The SMILES string of the molecule is CC(Cc1cccc(Cl)c1)NC(C)C(=O)O. The van der Waals surface area contributed by atoms with Crippen molar-refractivity contribution in [3.63, 3.8) is 0 Å². The highest BCUT2D eigenvalue weighted by Gasteiger charge is 2.13. The second-order valence-electron chi connectivity index (χ2n) is 3.96. The van der Waals surface area contributed by atoms with Crippen molar-refractivity contribution < 1.29 is 9.90 Å². The van der Waals surface area contributed by atoms with Crippen molar-refractivity contribution >= 4 is 17.6 Å². The Hall–Kier alpha value is -1.06. The molecular formula is C12H16ClNO2. The molecule has 2 N–H and O–H groups in total. The highest BCUT2D eigenvalue weighted by molar-refractivity contribution is 6.30. The highest BCUT2D eigenvalue weighted by Crippen LogP contribution is 2.12. The number of carboxylic acid groups (broad SMARTS) is 1.